The summed E-state index contributed by atoms with van der Waals surface area (Å²) < 4.78 is 0. The van der Waals surface area contributed by atoms with Crippen LogP contribution in [0.5, 0.6) is 0 Å². The molecule has 8 rings (SSSR count). The van der Waals surface area contributed by atoms with Crippen LogP contribution in [-0.2, 0) is 0 Å². The number of benzene rings is 1. The van der Waals surface area contributed by atoms with E-state index in [1.165, 1.54) is 37.1 Å². The lowest BCUT2D eigenvalue weighted by molar-refractivity contribution is 0.214. The Kier molecular flexibility index (Phi) is 2.40. The molecule has 0 spiro atoms. The van der Waals surface area contributed by atoms with Gasteiger partial charge < -0.3 is 0 Å². The summed E-state index contributed by atoms with van der Waals surface area (Å²) >= 11 is 0. The molecule has 4 aliphatic carbocycles. The van der Waals surface area contributed by atoms with E-state index in [1.54, 1.807) is 0 Å². The van der Waals surface area contributed by atoms with E-state index in [1.807, 2.05) is 24.5 Å². The number of aromatic nitrogens is 4. The molecule has 28 heavy (non-hydrogen) atoms. The van der Waals surface area contributed by atoms with Crippen LogP contribution in [0.15, 0.2) is 36.7 Å². The molecule has 3 aromatic heterocycles. The predicted molar refractivity (Wildman–Crippen MR) is 108 cm³/mol. The van der Waals surface area contributed by atoms with Gasteiger partial charge in [0, 0.05) is 35.0 Å². The van der Waals surface area contributed by atoms with Crippen molar-refractivity contribution < 1.29 is 0 Å². The number of nitrogens with zero attached hydrogens (tertiary/aromatic N) is 4. The molecule has 0 amide bonds. The van der Waals surface area contributed by atoms with E-state index in [9.17, 15) is 0 Å². The van der Waals surface area contributed by atoms with Crippen molar-refractivity contribution in [3.05, 3.63) is 48.0 Å². The minimum atomic E-state index is 0.647. The highest BCUT2D eigenvalue weighted by atomic mass is 14.9. The van der Waals surface area contributed by atoms with Crippen LogP contribution >= 0.6 is 0 Å². The molecule has 0 radical (unpaired) electrons. The lowest BCUT2D eigenvalue weighted by atomic mass is 9.71. The highest BCUT2D eigenvalue weighted by Gasteiger charge is 2.62. The third-order valence-electron chi connectivity index (χ3n) is 8.49. The molecule has 3 saturated carbocycles. The monoisotopic (exact) mass is 364 g/mol. The molecular weight excluding hydrogens is 344 g/mol. The molecule has 4 bridgehead atoms. The quantitative estimate of drug-likeness (QED) is 0.326. The van der Waals surface area contributed by atoms with E-state index in [4.69, 9.17) is 9.97 Å². The van der Waals surface area contributed by atoms with E-state index in [0.717, 1.165) is 56.5 Å². The van der Waals surface area contributed by atoms with Crippen molar-refractivity contribution in [1.29, 1.82) is 0 Å². The van der Waals surface area contributed by atoms with Gasteiger partial charge in [-0.3, -0.25) is 9.97 Å². The van der Waals surface area contributed by atoms with Crippen molar-refractivity contribution in [2.75, 3.05) is 0 Å². The molecule has 136 valence electrons. The second kappa shape index (κ2) is 4.68. The van der Waals surface area contributed by atoms with Gasteiger partial charge >= 0.3 is 0 Å². The molecule has 0 aliphatic heterocycles. The Hall–Kier alpha value is -2.62. The van der Waals surface area contributed by atoms with Gasteiger partial charge in [0.25, 0.3) is 0 Å². The van der Waals surface area contributed by atoms with Crippen LogP contribution in [0.1, 0.15) is 48.9 Å². The zero-order valence-electron chi connectivity index (χ0n) is 15.5. The lowest BCUT2D eigenvalue weighted by Gasteiger charge is -2.35. The Balaban J connectivity index is 1.49. The fourth-order valence-electron chi connectivity index (χ4n) is 7.70. The standard InChI is InChI=1S/C24H20N4/c1-3-13-19(25-7-1)20-14(4-2-8-26-20)22-21(13)27-23-15-10-16(24(23)28-22)18-12-6-5-11(9-12)17(15)18/h1-4,7-8,11-12,15-18H,5-6,9-10H2/t11-,12?,15-,16+,17?,18?/m1/s1. The van der Waals surface area contributed by atoms with Gasteiger partial charge in [0.2, 0.25) is 0 Å². The average Bonchev–Trinajstić information content (AvgIpc) is 3.52. The molecule has 0 N–H and O–H groups in total. The normalized spacial score (nSPS) is 34.6. The topological polar surface area (TPSA) is 51.6 Å². The summed E-state index contributed by atoms with van der Waals surface area (Å²) in [6, 6.07) is 8.27. The SMILES string of the molecule is c1cnc2c(c1)c1nc3c(nc1c1cccnc12)[C@@H]1C[C@H]3C2C3CC[C@H](C3)C21. The van der Waals surface area contributed by atoms with Crippen LogP contribution in [0, 0.1) is 23.7 Å². The highest BCUT2D eigenvalue weighted by Crippen LogP contribution is 2.70. The van der Waals surface area contributed by atoms with Gasteiger partial charge in [-0.15, -0.1) is 0 Å². The van der Waals surface area contributed by atoms with Crippen LogP contribution in [-0.4, -0.2) is 19.9 Å². The van der Waals surface area contributed by atoms with Gasteiger partial charge in [-0.2, -0.15) is 0 Å². The first-order chi connectivity index (χ1) is 13.9. The van der Waals surface area contributed by atoms with Gasteiger partial charge in [-0.25, -0.2) is 9.97 Å². The molecule has 4 nitrogen and oxygen atoms in total. The fourth-order valence-corrected chi connectivity index (χ4v) is 7.70. The zero-order valence-corrected chi connectivity index (χ0v) is 15.5. The number of hydrogen-bond donors (Lipinski definition) is 0. The molecule has 0 saturated heterocycles. The van der Waals surface area contributed by atoms with E-state index >= 15 is 0 Å². The summed E-state index contributed by atoms with van der Waals surface area (Å²) in [5.41, 5.74) is 6.57. The first-order valence-electron chi connectivity index (χ1n) is 10.7. The van der Waals surface area contributed by atoms with Crippen LogP contribution < -0.4 is 0 Å². The van der Waals surface area contributed by atoms with Crippen LogP contribution in [0.3, 0.4) is 0 Å². The summed E-state index contributed by atoms with van der Waals surface area (Å²) in [5, 5.41) is 2.18. The minimum absolute atomic E-state index is 0.647. The third-order valence-corrected chi connectivity index (χ3v) is 8.49. The molecule has 3 heterocycles. The lowest BCUT2D eigenvalue weighted by Crippen LogP contribution is -2.28. The van der Waals surface area contributed by atoms with Crippen molar-refractivity contribution in [2.24, 2.45) is 23.7 Å². The largest absolute Gasteiger partial charge is 0.254 e. The summed E-state index contributed by atoms with van der Waals surface area (Å²) in [6.45, 7) is 0. The second-order valence-corrected chi connectivity index (χ2v) is 9.43. The highest BCUT2D eigenvalue weighted by molar-refractivity contribution is 6.20. The zero-order chi connectivity index (χ0) is 18.0. The van der Waals surface area contributed by atoms with Crippen LogP contribution in [0.2, 0.25) is 0 Å². The second-order valence-electron chi connectivity index (χ2n) is 9.43. The van der Waals surface area contributed by atoms with Crippen molar-refractivity contribution >= 4 is 32.8 Å². The molecule has 4 heteroatoms. The third kappa shape index (κ3) is 1.50. The molecule has 4 aliphatic rings. The van der Waals surface area contributed by atoms with Crippen LogP contribution in [0.4, 0.5) is 0 Å². The Morgan fingerprint density at radius 3 is 1.71 bits per heavy atom. The smallest absolute Gasteiger partial charge is 0.0992 e. The molecule has 4 aromatic rings. The maximum atomic E-state index is 5.33. The van der Waals surface area contributed by atoms with Gasteiger partial charge in [0.05, 0.1) is 33.5 Å². The van der Waals surface area contributed by atoms with Gasteiger partial charge in [-0.1, -0.05) is 0 Å². The number of pyridine rings is 2. The Bertz CT molecular complexity index is 1230. The van der Waals surface area contributed by atoms with Crippen LogP contribution in [0.25, 0.3) is 32.8 Å². The molecule has 3 fully saturated rings. The van der Waals surface area contributed by atoms with E-state index in [-0.39, 0.29) is 0 Å². The van der Waals surface area contributed by atoms with Gasteiger partial charge in [0.15, 0.2) is 0 Å². The maximum Gasteiger partial charge on any atom is 0.0992 e. The number of rotatable bonds is 0. The van der Waals surface area contributed by atoms with Crippen molar-refractivity contribution in [1.82, 2.24) is 19.9 Å². The Morgan fingerprint density at radius 1 is 0.643 bits per heavy atom. The molecule has 1 aromatic carbocycles. The Labute approximate surface area is 162 Å². The molecule has 3 unspecified atom stereocenters. The summed E-state index contributed by atoms with van der Waals surface area (Å²) in [4.78, 5) is 20.0. The first-order valence-corrected chi connectivity index (χ1v) is 10.7. The molecule has 6 atom stereocenters. The van der Waals surface area contributed by atoms with Crippen molar-refractivity contribution in [3.63, 3.8) is 0 Å². The van der Waals surface area contributed by atoms with Crippen molar-refractivity contribution in [2.45, 2.75) is 37.5 Å². The predicted octanol–water partition coefficient (Wildman–Crippen LogP) is 4.97. The summed E-state index contributed by atoms with van der Waals surface area (Å²) in [5.74, 6) is 4.97. The van der Waals surface area contributed by atoms with E-state index in [0.29, 0.717) is 11.8 Å². The minimum Gasteiger partial charge on any atom is -0.254 e. The number of hydrogen-bond acceptors (Lipinski definition) is 4. The average molecular weight is 364 g/mol. The first kappa shape index (κ1) is 14.4. The van der Waals surface area contributed by atoms with E-state index in [2.05, 4.69) is 22.1 Å². The molecular formula is C24H20N4. The number of fused-ring (bicyclic) bond motifs is 18. The maximum absolute atomic E-state index is 5.33. The van der Waals surface area contributed by atoms with Gasteiger partial charge in [0.1, 0.15) is 0 Å². The summed E-state index contributed by atoms with van der Waals surface area (Å²) in [7, 11) is 0. The van der Waals surface area contributed by atoms with Crippen molar-refractivity contribution in [3.8, 4) is 0 Å². The fraction of sp³-hybridized carbons (Fsp3) is 0.417. The Morgan fingerprint density at radius 2 is 1.18 bits per heavy atom. The van der Waals surface area contributed by atoms with E-state index < -0.39 is 0 Å². The van der Waals surface area contributed by atoms with Gasteiger partial charge in [-0.05, 0) is 73.6 Å². The summed E-state index contributed by atoms with van der Waals surface area (Å²) in [6.07, 6.45) is 9.37.